The highest BCUT2D eigenvalue weighted by atomic mass is 19.4. The summed E-state index contributed by atoms with van der Waals surface area (Å²) in [6.45, 7) is 3.15. The van der Waals surface area contributed by atoms with Crippen LogP contribution in [0, 0.1) is 6.92 Å². The Morgan fingerprint density at radius 3 is 2.61 bits per heavy atom. The highest BCUT2D eigenvalue weighted by molar-refractivity contribution is 5.43. The summed E-state index contributed by atoms with van der Waals surface area (Å²) in [5, 5.41) is 4.29. The number of alkyl halides is 3. The number of likely N-dealkylation sites (tertiary alicyclic amines) is 1. The molecule has 0 amide bonds. The number of nitrogens with zero attached hydrogens (tertiary/aromatic N) is 4. The molecule has 1 fully saturated rings. The zero-order valence-electron chi connectivity index (χ0n) is 15.7. The summed E-state index contributed by atoms with van der Waals surface area (Å²) in [5.74, 6) is 0.795. The van der Waals surface area contributed by atoms with Crippen molar-refractivity contribution in [2.24, 2.45) is 0 Å². The molecule has 0 bridgehead atoms. The molecule has 2 aromatic heterocycles. The number of fused-ring (bicyclic) bond motifs is 1. The Balaban J connectivity index is 1.64. The lowest BCUT2D eigenvalue weighted by Crippen LogP contribution is -2.23. The van der Waals surface area contributed by atoms with Crippen molar-refractivity contribution >= 4 is 5.65 Å². The number of ether oxygens (including phenoxy) is 1. The minimum atomic E-state index is -4.48. The van der Waals surface area contributed by atoms with Gasteiger partial charge in [-0.2, -0.15) is 18.3 Å². The Morgan fingerprint density at radius 1 is 1.18 bits per heavy atom. The van der Waals surface area contributed by atoms with Gasteiger partial charge < -0.3 is 4.74 Å². The standard InChI is InChI=1S/C20H21F3N4O/c1-13-10-18(20(21,22)23)27-19(24-13)11-16(25-27)17-4-3-9-26(17)12-14-5-7-15(28-2)8-6-14/h5-8,10-11,17H,3-4,9,12H2,1-2H3/t17-/m1/s1. The third kappa shape index (κ3) is 3.56. The van der Waals surface area contributed by atoms with E-state index in [1.165, 1.54) is 0 Å². The van der Waals surface area contributed by atoms with E-state index in [2.05, 4.69) is 15.0 Å². The molecule has 1 saturated heterocycles. The predicted molar refractivity (Wildman–Crippen MR) is 98.1 cm³/mol. The van der Waals surface area contributed by atoms with Crippen LogP contribution in [0.15, 0.2) is 36.4 Å². The molecule has 0 N–H and O–H groups in total. The first kappa shape index (κ1) is 18.7. The van der Waals surface area contributed by atoms with E-state index in [1.807, 2.05) is 24.3 Å². The average molecular weight is 390 g/mol. The van der Waals surface area contributed by atoms with Crippen LogP contribution in [0.5, 0.6) is 5.75 Å². The van der Waals surface area contributed by atoms with Gasteiger partial charge in [0.25, 0.3) is 0 Å². The molecule has 5 nitrogen and oxygen atoms in total. The number of hydrogen-bond donors (Lipinski definition) is 0. The Kier molecular flexibility index (Phi) is 4.74. The largest absolute Gasteiger partial charge is 0.497 e. The lowest BCUT2D eigenvalue weighted by molar-refractivity contribution is -0.142. The topological polar surface area (TPSA) is 42.7 Å². The van der Waals surface area contributed by atoms with Crippen molar-refractivity contribution in [3.63, 3.8) is 0 Å². The minimum Gasteiger partial charge on any atom is -0.497 e. The molecule has 0 saturated carbocycles. The first-order chi connectivity index (χ1) is 13.3. The Hall–Kier alpha value is -2.61. The first-order valence-electron chi connectivity index (χ1n) is 9.16. The summed E-state index contributed by atoms with van der Waals surface area (Å²) in [7, 11) is 1.62. The van der Waals surface area contributed by atoms with Crippen LogP contribution in [-0.2, 0) is 12.7 Å². The van der Waals surface area contributed by atoms with Crippen molar-refractivity contribution in [1.82, 2.24) is 19.5 Å². The van der Waals surface area contributed by atoms with Crippen LogP contribution in [0.4, 0.5) is 13.2 Å². The van der Waals surface area contributed by atoms with Crippen LogP contribution in [0.3, 0.4) is 0 Å². The second kappa shape index (κ2) is 7.09. The fourth-order valence-electron chi connectivity index (χ4n) is 3.80. The van der Waals surface area contributed by atoms with Gasteiger partial charge in [-0.25, -0.2) is 9.50 Å². The number of benzene rings is 1. The lowest BCUT2D eigenvalue weighted by Gasteiger charge is -2.23. The van der Waals surface area contributed by atoms with Crippen LogP contribution in [-0.4, -0.2) is 33.2 Å². The highest BCUT2D eigenvalue weighted by Gasteiger charge is 2.36. The smallest absolute Gasteiger partial charge is 0.433 e. The third-order valence-electron chi connectivity index (χ3n) is 5.11. The molecule has 28 heavy (non-hydrogen) atoms. The van der Waals surface area contributed by atoms with Gasteiger partial charge >= 0.3 is 6.18 Å². The fourth-order valence-corrected chi connectivity index (χ4v) is 3.80. The molecular weight excluding hydrogens is 369 g/mol. The molecule has 0 aliphatic carbocycles. The summed E-state index contributed by atoms with van der Waals surface area (Å²) < 4.78 is 46.3. The van der Waals surface area contributed by atoms with Gasteiger partial charge in [-0.05, 0) is 50.1 Å². The molecule has 3 aromatic rings. The van der Waals surface area contributed by atoms with Crippen molar-refractivity contribution in [3.8, 4) is 5.75 Å². The second-order valence-corrected chi connectivity index (χ2v) is 7.10. The number of aryl methyl sites for hydroxylation is 1. The summed E-state index contributed by atoms with van der Waals surface area (Å²) in [4.78, 5) is 6.49. The SMILES string of the molecule is COc1ccc(CN2CCC[C@@H]2c2cc3nc(C)cc(C(F)(F)F)n3n2)cc1. The molecular formula is C20H21F3N4O. The maximum atomic E-state index is 13.4. The van der Waals surface area contributed by atoms with Gasteiger partial charge in [0.05, 0.1) is 18.8 Å². The van der Waals surface area contributed by atoms with E-state index in [0.29, 0.717) is 17.9 Å². The van der Waals surface area contributed by atoms with Crippen molar-refractivity contribution in [2.75, 3.05) is 13.7 Å². The summed E-state index contributed by atoms with van der Waals surface area (Å²) in [5.41, 5.74) is 1.53. The number of halogens is 3. The van der Waals surface area contributed by atoms with Crippen LogP contribution < -0.4 is 4.74 Å². The molecule has 0 unspecified atom stereocenters. The third-order valence-corrected chi connectivity index (χ3v) is 5.11. The summed E-state index contributed by atoms with van der Waals surface area (Å²) in [6.07, 6.45) is -2.64. The normalized spacial score (nSPS) is 18.1. The fraction of sp³-hybridized carbons (Fsp3) is 0.400. The van der Waals surface area contributed by atoms with Gasteiger partial charge in [0.15, 0.2) is 5.65 Å². The molecule has 8 heteroatoms. The van der Waals surface area contributed by atoms with E-state index in [1.54, 1.807) is 20.1 Å². The number of hydrogen-bond acceptors (Lipinski definition) is 4. The van der Waals surface area contributed by atoms with Crippen molar-refractivity contribution in [1.29, 1.82) is 0 Å². The maximum absolute atomic E-state index is 13.4. The van der Waals surface area contributed by atoms with E-state index >= 15 is 0 Å². The van der Waals surface area contributed by atoms with Crippen LogP contribution in [0.2, 0.25) is 0 Å². The zero-order chi connectivity index (χ0) is 19.9. The van der Waals surface area contributed by atoms with Gasteiger partial charge in [0.2, 0.25) is 0 Å². The highest BCUT2D eigenvalue weighted by Crippen LogP contribution is 2.35. The van der Waals surface area contributed by atoms with E-state index < -0.39 is 11.9 Å². The summed E-state index contributed by atoms with van der Waals surface area (Å²) >= 11 is 0. The summed E-state index contributed by atoms with van der Waals surface area (Å²) in [6, 6.07) is 10.5. The van der Waals surface area contributed by atoms with E-state index in [0.717, 1.165) is 41.3 Å². The molecule has 1 atom stereocenters. The Labute approximate surface area is 160 Å². The second-order valence-electron chi connectivity index (χ2n) is 7.10. The molecule has 148 valence electrons. The molecule has 1 aliphatic rings. The minimum absolute atomic E-state index is 0.0230. The molecule has 0 radical (unpaired) electrons. The van der Waals surface area contributed by atoms with Gasteiger partial charge in [0, 0.05) is 18.3 Å². The van der Waals surface area contributed by atoms with Crippen molar-refractivity contribution in [2.45, 2.75) is 38.5 Å². The van der Waals surface area contributed by atoms with Crippen LogP contribution in [0.25, 0.3) is 5.65 Å². The van der Waals surface area contributed by atoms with Crippen LogP contribution in [0.1, 0.15) is 41.5 Å². The number of aromatic nitrogens is 3. The van der Waals surface area contributed by atoms with Gasteiger partial charge in [-0.15, -0.1) is 0 Å². The van der Waals surface area contributed by atoms with Crippen LogP contribution >= 0.6 is 0 Å². The number of rotatable bonds is 4. The van der Waals surface area contributed by atoms with E-state index in [4.69, 9.17) is 4.74 Å². The molecule has 3 heterocycles. The monoisotopic (exact) mass is 390 g/mol. The van der Waals surface area contributed by atoms with Crippen molar-refractivity contribution in [3.05, 3.63) is 59.0 Å². The zero-order valence-corrected chi connectivity index (χ0v) is 15.7. The molecule has 1 aromatic carbocycles. The van der Waals surface area contributed by atoms with Crippen molar-refractivity contribution < 1.29 is 17.9 Å². The molecule has 4 rings (SSSR count). The van der Waals surface area contributed by atoms with Gasteiger partial charge in [-0.1, -0.05) is 12.1 Å². The van der Waals surface area contributed by atoms with E-state index in [9.17, 15) is 13.2 Å². The van der Waals surface area contributed by atoms with Gasteiger partial charge in [-0.3, -0.25) is 4.90 Å². The average Bonchev–Trinajstić information content (AvgIpc) is 3.27. The predicted octanol–water partition coefficient (Wildman–Crippen LogP) is 4.40. The van der Waals surface area contributed by atoms with E-state index in [-0.39, 0.29) is 11.7 Å². The first-order valence-corrected chi connectivity index (χ1v) is 9.16. The molecule has 0 spiro atoms. The maximum Gasteiger partial charge on any atom is 0.433 e. The quantitative estimate of drug-likeness (QED) is 0.662. The van der Waals surface area contributed by atoms with Gasteiger partial charge in [0.1, 0.15) is 11.4 Å². The molecule has 1 aliphatic heterocycles. The Bertz CT molecular complexity index is 982. The lowest BCUT2D eigenvalue weighted by atomic mass is 10.1. The number of methoxy groups -OCH3 is 1. The Morgan fingerprint density at radius 2 is 1.93 bits per heavy atom.